The molecule has 7 nitrogen and oxygen atoms in total. The van der Waals surface area contributed by atoms with E-state index in [1.54, 1.807) is 20.1 Å². The van der Waals surface area contributed by atoms with Crippen LogP contribution in [-0.4, -0.2) is 46.6 Å². The number of piperidine rings is 1. The van der Waals surface area contributed by atoms with Crippen molar-refractivity contribution in [1.82, 2.24) is 14.9 Å². The minimum Gasteiger partial charge on any atom is -0.487 e. The zero-order valence-corrected chi connectivity index (χ0v) is 15.6. The van der Waals surface area contributed by atoms with Crippen LogP contribution >= 0.6 is 0 Å². The van der Waals surface area contributed by atoms with Gasteiger partial charge >= 0.3 is 0 Å². The molecule has 2 aromatic rings. The number of hydrogen-bond acceptors (Lipinski definition) is 6. The second kappa shape index (κ2) is 7.06. The number of aromatic nitrogens is 2. The van der Waals surface area contributed by atoms with Crippen LogP contribution in [-0.2, 0) is 4.79 Å². The SMILES string of the molecule is COc1cc(NC2CC3(CCN(C(C)=O)CC3)Oc3ccccc32)ncn1. The Morgan fingerprint density at radius 2 is 2.07 bits per heavy atom. The van der Waals surface area contributed by atoms with Crippen LogP contribution in [0.1, 0.15) is 37.8 Å². The Morgan fingerprint density at radius 3 is 2.81 bits per heavy atom. The zero-order valence-electron chi connectivity index (χ0n) is 15.6. The van der Waals surface area contributed by atoms with Crippen LogP contribution in [0, 0.1) is 0 Å². The van der Waals surface area contributed by atoms with Crippen LogP contribution in [0.15, 0.2) is 36.7 Å². The summed E-state index contributed by atoms with van der Waals surface area (Å²) < 4.78 is 11.7. The summed E-state index contributed by atoms with van der Waals surface area (Å²) in [6, 6.07) is 9.98. The van der Waals surface area contributed by atoms with E-state index in [4.69, 9.17) is 9.47 Å². The van der Waals surface area contributed by atoms with Gasteiger partial charge in [0.25, 0.3) is 0 Å². The molecule has 1 amide bonds. The van der Waals surface area contributed by atoms with Crippen LogP contribution < -0.4 is 14.8 Å². The minimum atomic E-state index is -0.269. The average Bonchev–Trinajstić information content (AvgIpc) is 2.68. The van der Waals surface area contributed by atoms with Gasteiger partial charge in [0.2, 0.25) is 11.8 Å². The van der Waals surface area contributed by atoms with Gasteiger partial charge in [-0.25, -0.2) is 9.97 Å². The molecule has 1 atom stereocenters. The first kappa shape index (κ1) is 17.6. The fraction of sp³-hybridized carbons (Fsp3) is 0.450. The van der Waals surface area contributed by atoms with E-state index in [2.05, 4.69) is 21.4 Å². The van der Waals surface area contributed by atoms with E-state index in [1.807, 2.05) is 23.1 Å². The number of methoxy groups -OCH3 is 1. The van der Waals surface area contributed by atoms with Crippen LogP contribution in [0.3, 0.4) is 0 Å². The van der Waals surface area contributed by atoms with Gasteiger partial charge in [-0.3, -0.25) is 4.79 Å². The second-order valence-corrected chi connectivity index (χ2v) is 7.18. The molecule has 0 bridgehead atoms. The Labute approximate surface area is 158 Å². The van der Waals surface area contributed by atoms with Gasteiger partial charge in [-0.2, -0.15) is 0 Å². The minimum absolute atomic E-state index is 0.0680. The van der Waals surface area contributed by atoms with Gasteiger partial charge < -0.3 is 19.7 Å². The molecule has 1 fully saturated rings. The summed E-state index contributed by atoms with van der Waals surface area (Å²) in [6.07, 6.45) is 3.97. The fourth-order valence-corrected chi connectivity index (χ4v) is 3.99. The third-order valence-corrected chi connectivity index (χ3v) is 5.49. The fourth-order valence-electron chi connectivity index (χ4n) is 3.99. The lowest BCUT2D eigenvalue weighted by atomic mass is 9.80. The van der Waals surface area contributed by atoms with Gasteiger partial charge in [-0.05, 0) is 6.07 Å². The number of nitrogens with zero attached hydrogens (tertiary/aromatic N) is 3. The van der Waals surface area contributed by atoms with Crippen LogP contribution in [0.25, 0.3) is 0 Å². The van der Waals surface area contributed by atoms with Crippen molar-refractivity contribution >= 4 is 11.7 Å². The molecule has 3 heterocycles. The lowest BCUT2D eigenvalue weighted by molar-refractivity contribution is -0.132. The quantitative estimate of drug-likeness (QED) is 0.898. The van der Waals surface area contributed by atoms with Crippen molar-refractivity contribution < 1.29 is 14.3 Å². The molecular weight excluding hydrogens is 344 g/mol. The van der Waals surface area contributed by atoms with Gasteiger partial charge in [-0.1, -0.05) is 18.2 Å². The third kappa shape index (κ3) is 3.54. The van der Waals surface area contributed by atoms with Gasteiger partial charge in [-0.15, -0.1) is 0 Å². The number of hydrogen-bond donors (Lipinski definition) is 1. The number of amides is 1. The van der Waals surface area contributed by atoms with E-state index in [0.29, 0.717) is 5.88 Å². The molecule has 142 valence electrons. The first-order chi connectivity index (χ1) is 13.1. The standard InChI is InChI=1S/C20H24N4O3/c1-14(25)24-9-7-20(8-10-24)12-16(15-5-3-4-6-17(15)27-20)23-18-11-19(26-2)22-13-21-18/h3-6,11,13,16H,7-10,12H2,1-2H3,(H,21,22,23). The first-order valence-corrected chi connectivity index (χ1v) is 9.25. The molecule has 0 aliphatic carbocycles. The first-order valence-electron chi connectivity index (χ1n) is 9.25. The number of ether oxygens (including phenoxy) is 2. The van der Waals surface area contributed by atoms with E-state index in [1.165, 1.54) is 6.33 Å². The Bertz CT molecular complexity index is 833. The van der Waals surface area contributed by atoms with E-state index >= 15 is 0 Å². The lowest BCUT2D eigenvalue weighted by Crippen LogP contribution is -2.52. The van der Waals surface area contributed by atoms with Crippen molar-refractivity contribution in [3.63, 3.8) is 0 Å². The maximum Gasteiger partial charge on any atom is 0.219 e. The summed E-state index contributed by atoms with van der Waals surface area (Å²) in [7, 11) is 1.59. The van der Waals surface area contributed by atoms with Gasteiger partial charge in [0.15, 0.2) is 0 Å². The van der Waals surface area contributed by atoms with Gasteiger partial charge in [0.05, 0.1) is 13.2 Å². The molecule has 1 aromatic carbocycles. The maximum absolute atomic E-state index is 11.7. The molecule has 1 unspecified atom stereocenters. The van der Waals surface area contributed by atoms with Gasteiger partial charge in [0, 0.05) is 50.9 Å². The molecule has 0 radical (unpaired) electrons. The van der Waals surface area contributed by atoms with E-state index in [-0.39, 0.29) is 17.6 Å². The van der Waals surface area contributed by atoms with Crippen LogP contribution in [0.4, 0.5) is 5.82 Å². The smallest absolute Gasteiger partial charge is 0.219 e. The highest BCUT2D eigenvalue weighted by Gasteiger charge is 2.43. The molecule has 1 N–H and O–H groups in total. The molecular formula is C20H24N4O3. The molecule has 4 rings (SSSR count). The Balaban J connectivity index is 1.60. The number of carbonyl (C=O) groups is 1. The highest BCUT2D eigenvalue weighted by atomic mass is 16.5. The van der Waals surface area contributed by atoms with E-state index in [9.17, 15) is 4.79 Å². The third-order valence-electron chi connectivity index (χ3n) is 5.49. The Morgan fingerprint density at radius 1 is 1.30 bits per heavy atom. The second-order valence-electron chi connectivity index (χ2n) is 7.18. The molecule has 0 saturated carbocycles. The lowest BCUT2D eigenvalue weighted by Gasteiger charge is -2.47. The molecule has 2 aliphatic heterocycles. The highest BCUT2D eigenvalue weighted by molar-refractivity contribution is 5.73. The Kier molecular flexibility index (Phi) is 4.59. The number of nitrogens with one attached hydrogen (secondary N) is 1. The topological polar surface area (TPSA) is 76.6 Å². The number of anilines is 1. The number of likely N-dealkylation sites (tertiary alicyclic amines) is 1. The summed E-state index contributed by atoms with van der Waals surface area (Å²) in [5.41, 5.74) is 0.851. The van der Waals surface area contributed by atoms with Crippen molar-refractivity contribution in [1.29, 1.82) is 0 Å². The van der Waals surface area contributed by atoms with E-state index < -0.39 is 0 Å². The monoisotopic (exact) mass is 368 g/mol. The predicted molar refractivity (Wildman–Crippen MR) is 101 cm³/mol. The van der Waals surface area contributed by atoms with Crippen molar-refractivity contribution in [2.24, 2.45) is 0 Å². The summed E-state index contributed by atoms with van der Waals surface area (Å²) in [6.45, 7) is 3.08. The van der Waals surface area contributed by atoms with Crippen molar-refractivity contribution in [2.75, 3.05) is 25.5 Å². The number of rotatable bonds is 3. The van der Waals surface area contributed by atoms with Crippen molar-refractivity contribution in [2.45, 2.75) is 37.8 Å². The normalized spacial score (nSPS) is 20.5. The predicted octanol–water partition coefficient (Wildman–Crippen LogP) is 2.80. The summed E-state index contributed by atoms with van der Waals surface area (Å²) >= 11 is 0. The largest absolute Gasteiger partial charge is 0.487 e. The van der Waals surface area contributed by atoms with Crippen LogP contribution in [0.5, 0.6) is 11.6 Å². The molecule has 7 heteroatoms. The van der Waals surface area contributed by atoms with Crippen LogP contribution in [0.2, 0.25) is 0 Å². The molecule has 1 saturated heterocycles. The Hall–Kier alpha value is -2.83. The number of fused-ring (bicyclic) bond motifs is 1. The molecule has 1 aromatic heterocycles. The summed E-state index contributed by atoms with van der Waals surface area (Å²) in [5.74, 6) is 2.28. The van der Waals surface area contributed by atoms with Crippen molar-refractivity contribution in [3.8, 4) is 11.6 Å². The summed E-state index contributed by atoms with van der Waals surface area (Å²) in [5, 5.41) is 3.53. The van der Waals surface area contributed by atoms with Crippen molar-refractivity contribution in [3.05, 3.63) is 42.2 Å². The number of carbonyl (C=O) groups excluding carboxylic acids is 1. The highest BCUT2D eigenvalue weighted by Crippen LogP contribution is 2.45. The molecule has 27 heavy (non-hydrogen) atoms. The number of para-hydroxylation sites is 1. The maximum atomic E-state index is 11.7. The van der Waals surface area contributed by atoms with E-state index in [0.717, 1.165) is 49.5 Å². The summed E-state index contributed by atoms with van der Waals surface area (Å²) in [4.78, 5) is 22.0. The molecule has 2 aliphatic rings. The molecule has 1 spiro atoms. The average molecular weight is 368 g/mol. The number of benzene rings is 1. The van der Waals surface area contributed by atoms with Gasteiger partial charge in [0.1, 0.15) is 23.5 Å². The zero-order chi connectivity index (χ0) is 18.9.